The number of carbonyl (C=O) groups excluding carboxylic acids is 3. The van der Waals surface area contributed by atoms with E-state index in [1.54, 1.807) is 0 Å². The molecule has 0 aromatic rings. The zero-order valence-electron chi connectivity index (χ0n) is 16.7. The summed E-state index contributed by atoms with van der Waals surface area (Å²) in [5.41, 5.74) is 0. The largest absolute Gasteiger partial charge is 0.379 e. The molecule has 1 rings (SSSR count). The molecule has 8 nitrogen and oxygen atoms in total. The van der Waals surface area contributed by atoms with Crippen molar-refractivity contribution in [1.82, 2.24) is 5.06 Å². The molecule has 0 N–H and O–H groups in total. The lowest BCUT2D eigenvalue weighted by Crippen LogP contribution is -2.39. The van der Waals surface area contributed by atoms with Gasteiger partial charge in [0.2, 0.25) is 0 Å². The maximum absolute atomic E-state index is 12.4. The third-order valence-electron chi connectivity index (χ3n) is 3.96. The first-order valence-electron chi connectivity index (χ1n) is 9.91. The molecule has 0 spiro atoms. The van der Waals surface area contributed by atoms with Crippen LogP contribution in [0.2, 0.25) is 0 Å². The molecule has 0 aliphatic carbocycles. The molecule has 0 saturated carbocycles. The number of hydrogen-bond donors (Lipinski definition) is 0. The Hall–Kier alpha value is -1.51. The summed E-state index contributed by atoms with van der Waals surface area (Å²) < 4.78 is 17.0. The van der Waals surface area contributed by atoms with Crippen LogP contribution in [0.4, 0.5) is 0 Å². The lowest BCUT2D eigenvalue weighted by molar-refractivity contribution is -0.207. The maximum atomic E-state index is 12.4. The van der Waals surface area contributed by atoms with Crippen LogP contribution in [0.25, 0.3) is 0 Å². The molecule has 0 aromatic carbocycles. The van der Waals surface area contributed by atoms with Gasteiger partial charge in [-0.05, 0) is 19.3 Å². The Morgan fingerprint density at radius 3 is 2.22 bits per heavy atom. The normalized spacial score (nSPS) is 16.6. The standard InChI is InChI=1S/C19H33NO7/c1-4-7-8-16(19(23)27-20-17(21)9-10-18(20)22)26-14-15(25-12-6-3)13-24-11-5-2/h15-16H,4-14H2,1-3H3. The topological polar surface area (TPSA) is 91.4 Å². The molecular weight excluding hydrogens is 354 g/mol. The van der Waals surface area contributed by atoms with Crippen LogP contribution in [-0.2, 0) is 33.4 Å². The number of amides is 2. The molecule has 1 heterocycles. The van der Waals surface area contributed by atoms with Gasteiger partial charge in [0.25, 0.3) is 11.8 Å². The Bertz CT molecular complexity index is 453. The van der Waals surface area contributed by atoms with Crippen LogP contribution in [0.15, 0.2) is 0 Å². The van der Waals surface area contributed by atoms with E-state index in [1.807, 2.05) is 20.8 Å². The Labute approximate surface area is 161 Å². The Balaban J connectivity index is 2.60. The van der Waals surface area contributed by atoms with Crippen LogP contribution in [0.5, 0.6) is 0 Å². The Kier molecular flexibility index (Phi) is 11.9. The molecule has 156 valence electrons. The van der Waals surface area contributed by atoms with Gasteiger partial charge < -0.3 is 19.0 Å². The van der Waals surface area contributed by atoms with Gasteiger partial charge in [0.05, 0.1) is 13.2 Å². The van der Waals surface area contributed by atoms with Crippen LogP contribution in [0.1, 0.15) is 65.7 Å². The summed E-state index contributed by atoms with van der Waals surface area (Å²) in [5.74, 6) is -1.73. The zero-order valence-corrected chi connectivity index (χ0v) is 16.7. The first kappa shape index (κ1) is 23.5. The first-order valence-corrected chi connectivity index (χ1v) is 9.91. The Morgan fingerprint density at radius 1 is 0.963 bits per heavy atom. The van der Waals surface area contributed by atoms with E-state index >= 15 is 0 Å². The lowest BCUT2D eigenvalue weighted by atomic mass is 10.1. The van der Waals surface area contributed by atoms with Crippen molar-refractivity contribution < 1.29 is 33.4 Å². The minimum absolute atomic E-state index is 0.0638. The SMILES string of the molecule is CCCCC(OCC(COCCC)OCCC)C(=O)ON1C(=O)CCC1=O. The van der Waals surface area contributed by atoms with Gasteiger partial charge in [-0.1, -0.05) is 33.6 Å². The summed E-state index contributed by atoms with van der Waals surface area (Å²) in [4.78, 5) is 40.7. The van der Waals surface area contributed by atoms with E-state index in [4.69, 9.17) is 19.0 Å². The number of unbranched alkanes of at least 4 members (excludes halogenated alkanes) is 1. The first-order chi connectivity index (χ1) is 13.0. The van der Waals surface area contributed by atoms with E-state index in [0.717, 1.165) is 25.7 Å². The molecular formula is C19H33NO7. The van der Waals surface area contributed by atoms with Gasteiger partial charge in [-0.15, -0.1) is 5.06 Å². The van der Waals surface area contributed by atoms with Gasteiger partial charge in [-0.25, -0.2) is 4.79 Å². The second-order valence-corrected chi connectivity index (χ2v) is 6.52. The average molecular weight is 387 g/mol. The number of carbonyl (C=O) groups is 3. The van der Waals surface area contributed by atoms with E-state index in [-0.39, 0.29) is 25.6 Å². The molecule has 1 fully saturated rings. The van der Waals surface area contributed by atoms with Crippen molar-refractivity contribution in [3.05, 3.63) is 0 Å². The summed E-state index contributed by atoms with van der Waals surface area (Å²) in [6.45, 7) is 7.80. The van der Waals surface area contributed by atoms with Crippen molar-refractivity contribution >= 4 is 17.8 Å². The molecule has 1 aliphatic rings. The Morgan fingerprint density at radius 2 is 1.63 bits per heavy atom. The minimum atomic E-state index is -0.856. The predicted octanol–water partition coefficient (Wildman–Crippen LogP) is 2.39. The van der Waals surface area contributed by atoms with E-state index < -0.39 is 23.9 Å². The van der Waals surface area contributed by atoms with Crippen molar-refractivity contribution in [2.24, 2.45) is 0 Å². The molecule has 2 atom stereocenters. The maximum Gasteiger partial charge on any atom is 0.361 e. The minimum Gasteiger partial charge on any atom is -0.379 e. The third kappa shape index (κ3) is 8.81. The molecule has 8 heteroatoms. The summed E-state index contributed by atoms with van der Waals surface area (Å²) in [6, 6.07) is 0. The molecule has 2 unspecified atom stereocenters. The lowest BCUT2D eigenvalue weighted by Gasteiger charge is -2.23. The molecule has 1 saturated heterocycles. The zero-order chi connectivity index (χ0) is 20.1. The van der Waals surface area contributed by atoms with Gasteiger partial charge in [-0.3, -0.25) is 9.59 Å². The number of imide groups is 1. The third-order valence-corrected chi connectivity index (χ3v) is 3.96. The second-order valence-electron chi connectivity index (χ2n) is 6.52. The highest BCUT2D eigenvalue weighted by atomic mass is 16.7. The van der Waals surface area contributed by atoms with Crippen molar-refractivity contribution in [2.75, 3.05) is 26.4 Å². The average Bonchev–Trinajstić information content (AvgIpc) is 2.97. The molecule has 0 bridgehead atoms. The fourth-order valence-electron chi connectivity index (χ4n) is 2.48. The van der Waals surface area contributed by atoms with Crippen molar-refractivity contribution in [2.45, 2.75) is 77.9 Å². The molecule has 2 amide bonds. The number of nitrogens with zero attached hydrogens (tertiary/aromatic N) is 1. The molecule has 0 aromatic heterocycles. The smallest absolute Gasteiger partial charge is 0.361 e. The highest BCUT2D eigenvalue weighted by Crippen LogP contribution is 2.15. The molecule has 27 heavy (non-hydrogen) atoms. The van der Waals surface area contributed by atoms with Gasteiger partial charge in [-0.2, -0.15) is 0 Å². The summed E-state index contributed by atoms with van der Waals surface area (Å²) >= 11 is 0. The van der Waals surface area contributed by atoms with Gasteiger partial charge in [0.1, 0.15) is 6.10 Å². The number of rotatable bonds is 15. The highest BCUT2D eigenvalue weighted by Gasteiger charge is 2.35. The van der Waals surface area contributed by atoms with Crippen molar-refractivity contribution in [3.8, 4) is 0 Å². The van der Waals surface area contributed by atoms with E-state index in [9.17, 15) is 14.4 Å². The van der Waals surface area contributed by atoms with Crippen molar-refractivity contribution in [3.63, 3.8) is 0 Å². The van der Waals surface area contributed by atoms with Crippen LogP contribution >= 0.6 is 0 Å². The second kappa shape index (κ2) is 13.6. The number of hydrogen-bond acceptors (Lipinski definition) is 7. The molecule has 1 aliphatic heterocycles. The van der Waals surface area contributed by atoms with E-state index in [1.165, 1.54) is 0 Å². The summed E-state index contributed by atoms with van der Waals surface area (Å²) in [5, 5.41) is 0.556. The predicted molar refractivity (Wildman–Crippen MR) is 97.6 cm³/mol. The van der Waals surface area contributed by atoms with Crippen LogP contribution in [-0.4, -0.2) is 61.5 Å². The van der Waals surface area contributed by atoms with Gasteiger partial charge in [0.15, 0.2) is 6.10 Å². The fourth-order valence-corrected chi connectivity index (χ4v) is 2.48. The summed E-state index contributed by atoms with van der Waals surface area (Å²) in [7, 11) is 0. The molecule has 0 radical (unpaired) electrons. The number of hydroxylamine groups is 2. The quantitative estimate of drug-likeness (QED) is 0.315. The van der Waals surface area contributed by atoms with Gasteiger partial charge in [0, 0.05) is 26.1 Å². The van der Waals surface area contributed by atoms with Crippen LogP contribution in [0.3, 0.4) is 0 Å². The van der Waals surface area contributed by atoms with Crippen LogP contribution in [0, 0.1) is 0 Å². The van der Waals surface area contributed by atoms with Crippen LogP contribution < -0.4 is 0 Å². The van der Waals surface area contributed by atoms with Crippen molar-refractivity contribution in [1.29, 1.82) is 0 Å². The number of ether oxygens (including phenoxy) is 3. The summed E-state index contributed by atoms with van der Waals surface area (Å²) in [6.07, 6.45) is 2.84. The fraction of sp³-hybridized carbons (Fsp3) is 0.842. The van der Waals surface area contributed by atoms with E-state index in [0.29, 0.717) is 31.3 Å². The van der Waals surface area contributed by atoms with E-state index in [2.05, 4.69) is 0 Å². The monoisotopic (exact) mass is 387 g/mol. The van der Waals surface area contributed by atoms with Gasteiger partial charge >= 0.3 is 5.97 Å². The highest BCUT2D eigenvalue weighted by molar-refractivity contribution is 6.01.